The lowest BCUT2D eigenvalue weighted by Gasteiger charge is -1.98. The molecule has 2 heteroatoms. The number of hydrogen-bond acceptors (Lipinski definition) is 2. The summed E-state index contributed by atoms with van der Waals surface area (Å²) in [5, 5.41) is 12.2. The standard InChI is InChI=1S/C17H23NO/c1-2-3-4-8-14-17(18-19)15-10-9-13-16-11-6-5-7-12-16/h5-7,9-13,15,19H,2-4,8,14H2,1H3/b13-9+,15-10+,18-17+. The number of unbranched alkanes of at least 4 members (excludes halogenated alkanes) is 3. The van der Waals surface area contributed by atoms with Crippen LogP contribution in [0.1, 0.15) is 44.6 Å². The molecule has 0 aliphatic heterocycles. The predicted octanol–water partition coefficient (Wildman–Crippen LogP) is 5.06. The summed E-state index contributed by atoms with van der Waals surface area (Å²) in [5.41, 5.74) is 1.91. The molecule has 0 saturated heterocycles. The minimum absolute atomic E-state index is 0.744. The Hall–Kier alpha value is -1.83. The third-order valence-corrected chi connectivity index (χ3v) is 2.90. The molecule has 0 aromatic heterocycles. The van der Waals surface area contributed by atoms with Gasteiger partial charge in [-0.15, -0.1) is 0 Å². The van der Waals surface area contributed by atoms with Crippen LogP contribution in [0.3, 0.4) is 0 Å². The van der Waals surface area contributed by atoms with Gasteiger partial charge in [0, 0.05) is 0 Å². The van der Waals surface area contributed by atoms with E-state index in [1.807, 2.05) is 42.5 Å². The maximum absolute atomic E-state index is 8.91. The maximum Gasteiger partial charge on any atom is 0.0795 e. The second-order valence-electron chi connectivity index (χ2n) is 4.53. The van der Waals surface area contributed by atoms with Crippen molar-refractivity contribution in [3.8, 4) is 0 Å². The van der Waals surface area contributed by atoms with Crippen molar-refractivity contribution < 1.29 is 5.21 Å². The Morgan fingerprint density at radius 2 is 1.89 bits per heavy atom. The summed E-state index contributed by atoms with van der Waals surface area (Å²) in [6, 6.07) is 10.1. The van der Waals surface area contributed by atoms with Crippen LogP contribution in [0.25, 0.3) is 6.08 Å². The summed E-state index contributed by atoms with van der Waals surface area (Å²) in [5.74, 6) is 0. The van der Waals surface area contributed by atoms with E-state index in [-0.39, 0.29) is 0 Å². The maximum atomic E-state index is 8.91. The van der Waals surface area contributed by atoms with E-state index in [9.17, 15) is 0 Å². The van der Waals surface area contributed by atoms with Crippen LogP contribution in [-0.4, -0.2) is 10.9 Å². The molecule has 0 radical (unpaired) electrons. The van der Waals surface area contributed by atoms with Crippen LogP contribution >= 0.6 is 0 Å². The van der Waals surface area contributed by atoms with Crippen LogP contribution in [0, 0.1) is 0 Å². The Labute approximate surface area is 116 Å². The van der Waals surface area contributed by atoms with Crippen molar-refractivity contribution in [1.82, 2.24) is 0 Å². The second kappa shape index (κ2) is 10.1. The second-order valence-corrected chi connectivity index (χ2v) is 4.53. The van der Waals surface area contributed by atoms with Crippen LogP contribution in [0.5, 0.6) is 0 Å². The lowest BCUT2D eigenvalue weighted by Crippen LogP contribution is -1.93. The van der Waals surface area contributed by atoms with E-state index >= 15 is 0 Å². The smallest absolute Gasteiger partial charge is 0.0795 e. The molecule has 0 spiro atoms. The fourth-order valence-corrected chi connectivity index (χ4v) is 1.80. The largest absolute Gasteiger partial charge is 0.411 e. The Balaban J connectivity index is 2.35. The molecule has 1 N–H and O–H groups in total. The van der Waals surface area contributed by atoms with Gasteiger partial charge in [0.2, 0.25) is 0 Å². The number of benzene rings is 1. The number of oxime groups is 1. The molecule has 102 valence electrons. The van der Waals surface area contributed by atoms with E-state index in [1.54, 1.807) is 0 Å². The minimum atomic E-state index is 0.744. The minimum Gasteiger partial charge on any atom is -0.411 e. The first-order valence-corrected chi connectivity index (χ1v) is 6.97. The zero-order valence-electron chi connectivity index (χ0n) is 11.6. The molecule has 2 nitrogen and oxygen atoms in total. The van der Waals surface area contributed by atoms with Gasteiger partial charge in [0.1, 0.15) is 0 Å². The topological polar surface area (TPSA) is 32.6 Å². The first-order chi connectivity index (χ1) is 9.36. The van der Waals surface area contributed by atoms with Gasteiger partial charge in [0.15, 0.2) is 0 Å². The molecule has 0 saturated carbocycles. The fraction of sp³-hybridized carbons (Fsp3) is 0.353. The molecule has 0 fully saturated rings. The summed E-state index contributed by atoms with van der Waals surface area (Å²) in [7, 11) is 0. The summed E-state index contributed by atoms with van der Waals surface area (Å²) < 4.78 is 0. The van der Waals surface area contributed by atoms with Gasteiger partial charge in [-0.05, 0) is 24.5 Å². The Bertz CT molecular complexity index is 418. The molecule has 0 aliphatic rings. The predicted molar refractivity (Wildman–Crippen MR) is 82.6 cm³/mol. The SMILES string of the molecule is CCCCCCC(/C=C/C=C/c1ccccc1)=N\O. The van der Waals surface area contributed by atoms with Crippen molar-refractivity contribution in [2.45, 2.75) is 39.0 Å². The molecule has 0 unspecified atom stereocenters. The van der Waals surface area contributed by atoms with Crippen molar-refractivity contribution in [3.05, 3.63) is 54.1 Å². The molecule has 0 heterocycles. The first-order valence-electron chi connectivity index (χ1n) is 6.97. The van der Waals surface area contributed by atoms with Gasteiger partial charge < -0.3 is 5.21 Å². The van der Waals surface area contributed by atoms with Gasteiger partial charge in [-0.25, -0.2) is 0 Å². The third kappa shape index (κ3) is 7.24. The Morgan fingerprint density at radius 1 is 1.11 bits per heavy atom. The highest BCUT2D eigenvalue weighted by Gasteiger charge is 1.94. The molecule has 1 aromatic carbocycles. The highest BCUT2D eigenvalue weighted by molar-refractivity contribution is 5.94. The van der Waals surface area contributed by atoms with Crippen LogP contribution in [0.2, 0.25) is 0 Å². The molecule has 1 aromatic rings. The lowest BCUT2D eigenvalue weighted by atomic mass is 10.1. The monoisotopic (exact) mass is 257 g/mol. The number of nitrogens with zero attached hydrogens (tertiary/aromatic N) is 1. The average molecular weight is 257 g/mol. The van der Waals surface area contributed by atoms with Crippen molar-refractivity contribution in [3.63, 3.8) is 0 Å². The fourth-order valence-electron chi connectivity index (χ4n) is 1.80. The summed E-state index contributed by atoms with van der Waals surface area (Å²) in [4.78, 5) is 0. The van der Waals surface area contributed by atoms with Gasteiger partial charge in [-0.2, -0.15) is 0 Å². The van der Waals surface area contributed by atoms with Crippen molar-refractivity contribution >= 4 is 11.8 Å². The third-order valence-electron chi connectivity index (χ3n) is 2.90. The highest BCUT2D eigenvalue weighted by Crippen LogP contribution is 2.05. The van der Waals surface area contributed by atoms with Crippen molar-refractivity contribution in [2.75, 3.05) is 0 Å². The van der Waals surface area contributed by atoms with Gasteiger partial charge in [-0.1, -0.05) is 79.9 Å². The Kier molecular flexibility index (Phi) is 8.12. The molecule has 0 atom stereocenters. The molecular formula is C17H23NO. The first kappa shape index (κ1) is 15.2. The summed E-state index contributed by atoms with van der Waals surface area (Å²) >= 11 is 0. The van der Waals surface area contributed by atoms with Crippen LogP contribution < -0.4 is 0 Å². The quantitative estimate of drug-likeness (QED) is 0.228. The van der Waals surface area contributed by atoms with E-state index in [4.69, 9.17) is 5.21 Å². The van der Waals surface area contributed by atoms with Gasteiger partial charge in [0.25, 0.3) is 0 Å². The normalized spacial score (nSPS) is 12.6. The summed E-state index contributed by atoms with van der Waals surface area (Å²) in [6.07, 6.45) is 13.4. The van der Waals surface area contributed by atoms with E-state index < -0.39 is 0 Å². The highest BCUT2D eigenvalue weighted by atomic mass is 16.4. The molecular weight excluding hydrogens is 234 g/mol. The molecule has 0 aliphatic carbocycles. The van der Waals surface area contributed by atoms with Crippen molar-refractivity contribution in [2.24, 2.45) is 5.16 Å². The van der Waals surface area contributed by atoms with Crippen molar-refractivity contribution in [1.29, 1.82) is 0 Å². The molecule has 0 bridgehead atoms. The summed E-state index contributed by atoms with van der Waals surface area (Å²) in [6.45, 7) is 2.19. The van der Waals surface area contributed by atoms with E-state index in [0.29, 0.717) is 0 Å². The lowest BCUT2D eigenvalue weighted by molar-refractivity contribution is 0.318. The number of rotatable bonds is 8. The van der Waals surface area contributed by atoms with E-state index in [1.165, 1.54) is 19.3 Å². The zero-order chi connectivity index (χ0) is 13.8. The Morgan fingerprint density at radius 3 is 2.58 bits per heavy atom. The van der Waals surface area contributed by atoms with Gasteiger partial charge >= 0.3 is 0 Å². The zero-order valence-corrected chi connectivity index (χ0v) is 11.6. The van der Waals surface area contributed by atoms with E-state index in [0.717, 1.165) is 24.1 Å². The van der Waals surface area contributed by atoms with Crippen LogP contribution in [0.4, 0.5) is 0 Å². The van der Waals surface area contributed by atoms with E-state index in [2.05, 4.69) is 24.2 Å². The molecule has 0 amide bonds. The number of allylic oxidation sites excluding steroid dienone is 3. The van der Waals surface area contributed by atoms with Crippen LogP contribution in [-0.2, 0) is 0 Å². The van der Waals surface area contributed by atoms with Crippen LogP contribution in [0.15, 0.2) is 53.7 Å². The number of hydrogen-bond donors (Lipinski definition) is 1. The average Bonchev–Trinajstić information content (AvgIpc) is 2.46. The molecule has 19 heavy (non-hydrogen) atoms. The molecule has 1 rings (SSSR count). The van der Waals surface area contributed by atoms with Gasteiger partial charge in [-0.3, -0.25) is 0 Å². The van der Waals surface area contributed by atoms with Gasteiger partial charge in [0.05, 0.1) is 5.71 Å².